The van der Waals surface area contributed by atoms with Crippen LogP contribution in [0.2, 0.25) is 0 Å². The number of fused-ring (bicyclic) bond motifs is 1. The van der Waals surface area contributed by atoms with Crippen molar-refractivity contribution in [3.8, 4) is 11.5 Å². The number of amides is 1. The number of anilines is 1. The molecule has 1 amide bonds. The van der Waals surface area contributed by atoms with Crippen LogP contribution in [-0.2, 0) is 0 Å². The normalized spacial score (nSPS) is 19.7. The van der Waals surface area contributed by atoms with Crippen LogP contribution in [0.5, 0.6) is 11.5 Å². The van der Waals surface area contributed by atoms with Crippen LogP contribution >= 0.6 is 0 Å². The third-order valence-electron chi connectivity index (χ3n) is 5.43. The molecule has 1 aromatic carbocycles. The van der Waals surface area contributed by atoms with Crippen LogP contribution in [-0.4, -0.2) is 54.7 Å². The summed E-state index contributed by atoms with van der Waals surface area (Å²) in [5.41, 5.74) is 6.17. The highest BCUT2D eigenvalue weighted by Gasteiger charge is 2.26. The SMILES string of the molecule is Nc1ncccc1C(=O)NCC1CCN(CC2COc3ccc(F)cc3O2)CC1. The monoisotopic (exact) mass is 400 g/mol. The predicted octanol–water partition coefficient (Wildman–Crippen LogP) is 2.08. The summed E-state index contributed by atoms with van der Waals surface area (Å²) < 4.78 is 25.0. The molecular weight excluding hydrogens is 375 g/mol. The number of likely N-dealkylation sites (tertiary alicyclic amines) is 1. The van der Waals surface area contributed by atoms with E-state index in [1.807, 2.05) is 0 Å². The van der Waals surface area contributed by atoms with Crippen molar-refractivity contribution < 1.29 is 18.7 Å². The average Bonchev–Trinajstić information content (AvgIpc) is 2.73. The zero-order valence-corrected chi connectivity index (χ0v) is 16.1. The largest absolute Gasteiger partial charge is 0.486 e. The van der Waals surface area contributed by atoms with Gasteiger partial charge in [-0.25, -0.2) is 9.37 Å². The topological polar surface area (TPSA) is 89.7 Å². The number of nitrogens with zero attached hydrogens (tertiary/aromatic N) is 2. The number of nitrogen functional groups attached to an aromatic ring is 1. The zero-order chi connectivity index (χ0) is 20.2. The van der Waals surface area contributed by atoms with Crippen molar-refractivity contribution in [3.05, 3.63) is 47.9 Å². The van der Waals surface area contributed by atoms with E-state index < -0.39 is 0 Å². The molecule has 0 aliphatic carbocycles. The molecule has 7 nitrogen and oxygen atoms in total. The Morgan fingerprint density at radius 3 is 2.90 bits per heavy atom. The van der Waals surface area contributed by atoms with Crippen molar-refractivity contribution >= 4 is 11.7 Å². The van der Waals surface area contributed by atoms with Crippen molar-refractivity contribution in [2.75, 3.05) is 38.5 Å². The van der Waals surface area contributed by atoms with Gasteiger partial charge in [0.25, 0.3) is 5.91 Å². The van der Waals surface area contributed by atoms with Gasteiger partial charge >= 0.3 is 0 Å². The molecule has 1 atom stereocenters. The molecule has 0 radical (unpaired) electrons. The Balaban J connectivity index is 1.21. The number of ether oxygens (including phenoxy) is 2. The molecule has 0 bridgehead atoms. The number of piperidine rings is 1. The molecule has 1 fully saturated rings. The van der Waals surface area contributed by atoms with Gasteiger partial charge in [0.15, 0.2) is 11.5 Å². The molecule has 1 saturated heterocycles. The third kappa shape index (κ3) is 4.76. The predicted molar refractivity (Wildman–Crippen MR) is 106 cm³/mol. The minimum Gasteiger partial charge on any atom is -0.486 e. The summed E-state index contributed by atoms with van der Waals surface area (Å²) in [4.78, 5) is 18.5. The molecule has 2 aliphatic heterocycles. The highest BCUT2D eigenvalue weighted by molar-refractivity contribution is 5.98. The van der Waals surface area contributed by atoms with Crippen molar-refractivity contribution in [2.24, 2.45) is 5.92 Å². The number of rotatable bonds is 5. The smallest absolute Gasteiger partial charge is 0.255 e. The summed E-state index contributed by atoms with van der Waals surface area (Å²) in [6, 6.07) is 7.71. The van der Waals surface area contributed by atoms with E-state index in [1.54, 1.807) is 24.4 Å². The fraction of sp³-hybridized carbons (Fsp3) is 0.429. The van der Waals surface area contributed by atoms with Gasteiger partial charge in [-0.3, -0.25) is 9.69 Å². The van der Waals surface area contributed by atoms with E-state index in [2.05, 4.69) is 15.2 Å². The number of hydrogen-bond donors (Lipinski definition) is 2. The number of carbonyl (C=O) groups excluding carboxylic acids is 1. The molecule has 0 spiro atoms. The number of halogens is 1. The molecule has 154 valence electrons. The van der Waals surface area contributed by atoms with Crippen molar-refractivity contribution in [2.45, 2.75) is 18.9 Å². The Kier molecular flexibility index (Phi) is 5.80. The molecule has 0 saturated carbocycles. The molecule has 2 aliphatic rings. The summed E-state index contributed by atoms with van der Waals surface area (Å²) in [5, 5.41) is 2.96. The fourth-order valence-electron chi connectivity index (χ4n) is 3.78. The summed E-state index contributed by atoms with van der Waals surface area (Å²) in [6.45, 7) is 3.66. The highest BCUT2D eigenvalue weighted by atomic mass is 19.1. The number of aromatic nitrogens is 1. The lowest BCUT2D eigenvalue weighted by atomic mass is 9.96. The van der Waals surface area contributed by atoms with Crippen LogP contribution in [0.1, 0.15) is 23.2 Å². The number of nitrogens with two attached hydrogens (primary N) is 1. The van der Waals surface area contributed by atoms with Crippen LogP contribution < -0.4 is 20.5 Å². The number of benzene rings is 1. The Bertz CT molecular complexity index is 871. The first-order valence-corrected chi connectivity index (χ1v) is 9.88. The van der Waals surface area contributed by atoms with Crippen LogP contribution in [0.25, 0.3) is 0 Å². The van der Waals surface area contributed by atoms with Gasteiger partial charge in [0.05, 0.1) is 5.56 Å². The zero-order valence-electron chi connectivity index (χ0n) is 16.1. The summed E-state index contributed by atoms with van der Waals surface area (Å²) in [6.07, 6.45) is 3.43. The third-order valence-corrected chi connectivity index (χ3v) is 5.43. The van der Waals surface area contributed by atoms with E-state index >= 15 is 0 Å². The molecule has 2 aromatic rings. The first-order valence-electron chi connectivity index (χ1n) is 9.88. The van der Waals surface area contributed by atoms with Crippen molar-refractivity contribution in [1.29, 1.82) is 0 Å². The second-order valence-corrected chi connectivity index (χ2v) is 7.53. The number of pyridine rings is 1. The van der Waals surface area contributed by atoms with Gasteiger partial charge in [0.1, 0.15) is 24.3 Å². The minimum absolute atomic E-state index is 0.117. The molecule has 3 heterocycles. The Labute approximate surface area is 169 Å². The quantitative estimate of drug-likeness (QED) is 0.799. The standard InChI is InChI=1S/C21H25FN4O3/c22-15-3-4-18-19(10-15)29-16(13-28-18)12-26-8-5-14(6-9-26)11-25-21(27)17-2-1-7-24-20(17)23/h1-4,7,10,14,16H,5-6,8-9,11-13H2,(H2,23,24)(H,25,27). The number of nitrogens with one attached hydrogen (secondary N) is 1. The van der Waals surface area contributed by atoms with E-state index in [0.717, 1.165) is 32.5 Å². The van der Waals surface area contributed by atoms with E-state index in [4.69, 9.17) is 15.2 Å². The van der Waals surface area contributed by atoms with Gasteiger partial charge < -0.3 is 20.5 Å². The summed E-state index contributed by atoms with van der Waals surface area (Å²) >= 11 is 0. The minimum atomic E-state index is -0.330. The molecule has 8 heteroatoms. The van der Waals surface area contributed by atoms with Crippen LogP contribution in [0.4, 0.5) is 10.2 Å². The van der Waals surface area contributed by atoms with E-state index in [-0.39, 0.29) is 23.6 Å². The van der Waals surface area contributed by atoms with Crippen molar-refractivity contribution in [3.63, 3.8) is 0 Å². The Morgan fingerprint density at radius 1 is 1.28 bits per heavy atom. The second-order valence-electron chi connectivity index (χ2n) is 7.53. The second kappa shape index (κ2) is 8.65. The molecule has 1 aromatic heterocycles. The maximum atomic E-state index is 13.4. The summed E-state index contributed by atoms with van der Waals surface area (Å²) in [5.74, 6) is 1.21. The van der Waals surface area contributed by atoms with Crippen molar-refractivity contribution in [1.82, 2.24) is 15.2 Å². The molecular formula is C21H25FN4O3. The first-order chi connectivity index (χ1) is 14.1. The lowest BCUT2D eigenvalue weighted by Crippen LogP contribution is -2.45. The summed E-state index contributed by atoms with van der Waals surface area (Å²) in [7, 11) is 0. The van der Waals surface area contributed by atoms with Gasteiger partial charge in [-0.1, -0.05) is 0 Å². The Hall–Kier alpha value is -2.87. The maximum Gasteiger partial charge on any atom is 0.255 e. The number of carbonyl (C=O) groups is 1. The molecule has 29 heavy (non-hydrogen) atoms. The van der Waals surface area contributed by atoms with E-state index in [1.165, 1.54) is 12.1 Å². The van der Waals surface area contributed by atoms with Gasteiger partial charge in [-0.15, -0.1) is 0 Å². The van der Waals surface area contributed by atoms with E-state index in [9.17, 15) is 9.18 Å². The van der Waals surface area contributed by atoms with Crippen LogP contribution in [0, 0.1) is 11.7 Å². The molecule has 4 rings (SSSR count). The fourth-order valence-corrected chi connectivity index (χ4v) is 3.78. The van der Waals surface area contributed by atoms with E-state index in [0.29, 0.717) is 36.1 Å². The Morgan fingerprint density at radius 2 is 2.10 bits per heavy atom. The maximum absolute atomic E-state index is 13.4. The van der Waals surface area contributed by atoms with Gasteiger partial charge in [-0.2, -0.15) is 0 Å². The van der Waals surface area contributed by atoms with Crippen LogP contribution in [0.3, 0.4) is 0 Å². The lowest BCUT2D eigenvalue weighted by Gasteiger charge is -2.35. The lowest BCUT2D eigenvalue weighted by molar-refractivity contribution is 0.0473. The average molecular weight is 400 g/mol. The molecule has 1 unspecified atom stereocenters. The highest BCUT2D eigenvalue weighted by Crippen LogP contribution is 2.32. The first kappa shape index (κ1) is 19.4. The van der Waals surface area contributed by atoms with Gasteiger partial charge in [-0.05, 0) is 56.1 Å². The van der Waals surface area contributed by atoms with Crippen LogP contribution in [0.15, 0.2) is 36.5 Å². The number of hydrogen-bond acceptors (Lipinski definition) is 6. The van der Waals surface area contributed by atoms with Gasteiger partial charge in [0, 0.05) is 25.4 Å². The van der Waals surface area contributed by atoms with Gasteiger partial charge in [0.2, 0.25) is 0 Å². The molecule has 3 N–H and O–H groups in total.